The van der Waals surface area contributed by atoms with Gasteiger partial charge in [-0.05, 0) is 24.5 Å². The Kier molecular flexibility index (Phi) is 5.29. The molecule has 1 aliphatic carbocycles. The van der Waals surface area contributed by atoms with Gasteiger partial charge in [-0.3, -0.25) is 9.59 Å². The summed E-state index contributed by atoms with van der Waals surface area (Å²) in [7, 11) is 1.39. The van der Waals surface area contributed by atoms with Crippen molar-refractivity contribution in [2.45, 2.75) is 45.1 Å². The molecular weight excluding hydrogens is 448 g/mol. The van der Waals surface area contributed by atoms with E-state index in [2.05, 4.69) is 10.3 Å². The lowest BCUT2D eigenvalue weighted by molar-refractivity contribution is -0.119. The van der Waals surface area contributed by atoms with Gasteiger partial charge in [-0.15, -0.1) is 0 Å². The molecule has 34 heavy (non-hydrogen) atoms. The first-order valence-electron chi connectivity index (χ1n) is 10.8. The zero-order valence-corrected chi connectivity index (χ0v) is 18.4. The Hall–Kier alpha value is -3.50. The van der Waals surface area contributed by atoms with Crippen LogP contribution in [0.4, 0.5) is 8.78 Å². The summed E-state index contributed by atoms with van der Waals surface area (Å²) in [4.78, 5) is 41.2. The summed E-state index contributed by atoms with van der Waals surface area (Å²) in [6, 6.07) is 2.04. The van der Waals surface area contributed by atoms with Crippen LogP contribution in [0.15, 0.2) is 16.9 Å². The van der Waals surface area contributed by atoms with E-state index in [4.69, 9.17) is 4.74 Å². The zero-order chi connectivity index (χ0) is 24.3. The van der Waals surface area contributed by atoms with Gasteiger partial charge in [0.05, 0.1) is 36.1 Å². The van der Waals surface area contributed by atoms with Crippen LogP contribution < -0.4 is 10.9 Å². The molecule has 2 aromatic heterocycles. The average Bonchev–Trinajstić information content (AvgIpc) is 3.17. The average molecular weight is 469 g/mol. The van der Waals surface area contributed by atoms with Crippen LogP contribution in [0.25, 0.3) is 22.3 Å². The van der Waals surface area contributed by atoms with Gasteiger partial charge in [-0.25, -0.2) is 13.8 Å². The Bertz CT molecular complexity index is 1450. The summed E-state index contributed by atoms with van der Waals surface area (Å²) in [5.41, 5.74) is 2.08. The van der Waals surface area contributed by atoms with E-state index in [-0.39, 0.29) is 47.7 Å². The number of hydrogen-bond acceptors (Lipinski definition) is 6. The van der Waals surface area contributed by atoms with E-state index < -0.39 is 29.3 Å². The first-order chi connectivity index (χ1) is 16.3. The summed E-state index contributed by atoms with van der Waals surface area (Å²) in [5.74, 6) is -2.24. The normalized spacial score (nSPS) is 16.8. The summed E-state index contributed by atoms with van der Waals surface area (Å²) in [5, 5.41) is 13.6. The third-order valence-electron chi connectivity index (χ3n) is 6.55. The number of aliphatic hydroxyl groups excluding tert-OH is 1. The van der Waals surface area contributed by atoms with Crippen molar-refractivity contribution in [3.05, 3.63) is 61.9 Å². The summed E-state index contributed by atoms with van der Waals surface area (Å²) in [6.07, 6.45) is -0.653. The molecule has 0 spiro atoms. The zero-order valence-electron chi connectivity index (χ0n) is 18.4. The van der Waals surface area contributed by atoms with Crippen molar-refractivity contribution in [1.82, 2.24) is 14.9 Å². The number of aliphatic hydroxyl groups is 1. The molecule has 176 valence electrons. The molecule has 0 bridgehead atoms. The van der Waals surface area contributed by atoms with Crippen molar-refractivity contribution in [2.75, 3.05) is 7.11 Å². The van der Waals surface area contributed by atoms with Crippen LogP contribution in [0.5, 0.6) is 0 Å². The number of carbonyl (C=O) groups excluding carboxylic acids is 2. The van der Waals surface area contributed by atoms with Gasteiger partial charge in [0.2, 0.25) is 5.91 Å². The molecule has 0 saturated heterocycles. The van der Waals surface area contributed by atoms with Crippen LogP contribution >= 0.6 is 0 Å². The number of benzene rings is 1. The number of halogens is 2. The smallest absolute Gasteiger partial charge is 0.257 e. The van der Waals surface area contributed by atoms with E-state index in [1.54, 1.807) is 0 Å². The van der Waals surface area contributed by atoms with Crippen molar-refractivity contribution in [3.63, 3.8) is 0 Å². The Morgan fingerprint density at radius 2 is 2.15 bits per heavy atom. The van der Waals surface area contributed by atoms with Crippen LogP contribution in [0, 0.1) is 11.6 Å². The Labute approximate surface area is 192 Å². The van der Waals surface area contributed by atoms with Gasteiger partial charge in [-0.2, -0.15) is 0 Å². The quantitative estimate of drug-likeness (QED) is 0.434. The molecule has 8 nitrogen and oxygen atoms in total. The van der Waals surface area contributed by atoms with Crippen LogP contribution in [0.2, 0.25) is 0 Å². The van der Waals surface area contributed by atoms with Gasteiger partial charge in [0.1, 0.15) is 6.10 Å². The number of hydrogen-bond donors (Lipinski definition) is 2. The Morgan fingerprint density at radius 3 is 2.82 bits per heavy atom. The number of ether oxygens (including phenoxy) is 1. The maximum atomic E-state index is 14.7. The molecule has 2 N–H and O–H groups in total. The second-order valence-electron chi connectivity index (χ2n) is 8.56. The van der Waals surface area contributed by atoms with Crippen molar-refractivity contribution in [2.24, 2.45) is 0 Å². The van der Waals surface area contributed by atoms with Gasteiger partial charge < -0.3 is 24.5 Å². The number of nitrogens with zero attached hydrogens (tertiary/aromatic N) is 2. The highest BCUT2D eigenvalue weighted by molar-refractivity contribution is 5.92. The number of aryl methyl sites for hydroxylation is 1. The van der Waals surface area contributed by atoms with E-state index in [0.29, 0.717) is 40.6 Å². The lowest BCUT2D eigenvalue weighted by Gasteiger charge is -2.28. The second-order valence-corrected chi connectivity index (χ2v) is 8.56. The molecule has 2 atom stereocenters. The van der Waals surface area contributed by atoms with E-state index in [9.17, 15) is 28.3 Å². The number of pyridine rings is 2. The van der Waals surface area contributed by atoms with Crippen molar-refractivity contribution in [1.29, 1.82) is 0 Å². The van der Waals surface area contributed by atoms with E-state index in [1.165, 1.54) is 24.7 Å². The lowest BCUT2D eigenvalue weighted by Crippen LogP contribution is -2.30. The van der Waals surface area contributed by atoms with E-state index in [1.807, 2.05) is 0 Å². The third-order valence-corrected chi connectivity index (χ3v) is 6.55. The van der Waals surface area contributed by atoms with Crippen LogP contribution in [0.1, 0.15) is 53.3 Å². The van der Waals surface area contributed by atoms with Gasteiger partial charge in [0.15, 0.2) is 17.9 Å². The molecule has 0 saturated carbocycles. The van der Waals surface area contributed by atoms with Gasteiger partial charge in [0, 0.05) is 47.7 Å². The van der Waals surface area contributed by atoms with Gasteiger partial charge in [0.25, 0.3) is 5.56 Å². The topological polar surface area (TPSA) is 111 Å². The maximum Gasteiger partial charge on any atom is 0.257 e. The fraction of sp³-hybridized carbons (Fsp3) is 0.333. The van der Waals surface area contributed by atoms with Crippen molar-refractivity contribution < 1.29 is 28.2 Å². The van der Waals surface area contributed by atoms with Crippen LogP contribution in [0.3, 0.4) is 0 Å². The highest BCUT2D eigenvalue weighted by atomic mass is 19.2. The molecule has 3 aromatic rings. The van der Waals surface area contributed by atoms with Crippen LogP contribution in [-0.2, 0) is 33.9 Å². The largest absolute Gasteiger partial charge is 0.381 e. The number of nitrogens with one attached hydrogen (secondary N) is 1. The number of carbonyl (C=O) groups is 2. The lowest BCUT2D eigenvalue weighted by atomic mass is 9.83. The first kappa shape index (κ1) is 22.3. The number of fused-ring (bicyclic) bond motifs is 4. The predicted octanol–water partition coefficient (Wildman–Crippen LogP) is 2.21. The predicted molar refractivity (Wildman–Crippen MR) is 117 cm³/mol. The summed E-state index contributed by atoms with van der Waals surface area (Å²) in [6.45, 7) is 1.35. The monoisotopic (exact) mass is 469 g/mol. The first-order valence-corrected chi connectivity index (χ1v) is 10.8. The van der Waals surface area contributed by atoms with Gasteiger partial charge >= 0.3 is 0 Å². The minimum Gasteiger partial charge on any atom is -0.381 e. The highest BCUT2D eigenvalue weighted by Crippen LogP contribution is 2.44. The van der Waals surface area contributed by atoms with E-state index >= 15 is 0 Å². The number of methoxy groups -OCH3 is 1. The van der Waals surface area contributed by atoms with Crippen LogP contribution in [-0.4, -0.2) is 34.0 Å². The van der Waals surface area contributed by atoms with E-state index in [0.717, 1.165) is 6.07 Å². The Balaban J connectivity index is 1.85. The minimum absolute atomic E-state index is 0.0878. The number of amides is 1. The standard InChI is InChI=1S/C24H21F2N3O5/c1-10(31)27-16-4-3-11-20-17(6-15(25)22(11)26)28-23-13(21(16)20)7-29-18(23)5-12(19(32)8-30)14(9-34-2)24(29)33/h5-6,8,16,19,32H,3-4,7,9H2,1-2H3,(H,27,31). The summed E-state index contributed by atoms with van der Waals surface area (Å²) >= 11 is 0. The van der Waals surface area contributed by atoms with Gasteiger partial charge in [-0.1, -0.05) is 0 Å². The minimum atomic E-state index is -1.54. The molecule has 10 heteroatoms. The molecule has 2 aliphatic rings. The number of rotatable bonds is 5. The fourth-order valence-corrected chi connectivity index (χ4v) is 5.18. The molecule has 1 aromatic carbocycles. The highest BCUT2D eigenvalue weighted by Gasteiger charge is 2.35. The summed E-state index contributed by atoms with van der Waals surface area (Å²) < 4.78 is 35.7. The molecule has 0 radical (unpaired) electrons. The SMILES string of the molecule is COCc1c(C(O)C=O)cc2n(c1=O)Cc1c-2nc2cc(F)c(F)c3c2c1C(NC(C)=O)CC3. The van der Waals surface area contributed by atoms with Crippen molar-refractivity contribution in [3.8, 4) is 11.4 Å². The number of aromatic nitrogens is 2. The van der Waals surface area contributed by atoms with Crippen molar-refractivity contribution >= 4 is 23.1 Å². The third kappa shape index (κ3) is 3.17. The second kappa shape index (κ2) is 8.07. The Morgan fingerprint density at radius 1 is 1.38 bits per heavy atom. The molecule has 1 amide bonds. The molecule has 2 unspecified atom stereocenters. The number of aldehydes is 1. The fourth-order valence-electron chi connectivity index (χ4n) is 5.18. The molecule has 0 fully saturated rings. The molecule has 1 aliphatic heterocycles. The molecule has 3 heterocycles. The maximum absolute atomic E-state index is 14.7. The molecule has 5 rings (SSSR count). The molecular formula is C24H21F2N3O5.